The van der Waals surface area contributed by atoms with E-state index in [1.54, 1.807) is 0 Å². The number of nitrogens with one attached hydrogen (secondary N) is 1. The molecule has 1 amide bonds. The van der Waals surface area contributed by atoms with Crippen molar-refractivity contribution in [2.75, 3.05) is 0 Å². The van der Waals surface area contributed by atoms with Crippen LogP contribution in [0, 0.1) is 0 Å². The number of ether oxygens (including phenoxy) is 5. The fourth-order valence-corrected chi connectivity index (χ4v) is 4.92. The SMILES string of the molecule is CCCCn1c(CNC(=O)C2OC3OC(C)(C)OC3C3OC(C)(C)OC23)nc2ccccc21. The van der Waals surface area contributed by atoms with Crippen LogP contribution in [0.1, 0.15) is 53.3 Å². The molecule has 0 radical (unpaired) electrons. The number of rotatable bonds is 6. The van der Waals surface area contributed by atoms with Crippen molar-refractivity contribution in [1.82, 2.24) is 14.9 Å². The molecular weight excluding hydrogens is 426 g/mol. The van der Waals surface area contributed by atoms with Crippen molar-refractivity contribution in [3.05, 3.63) is 30.1 Å². The number of carbonyl (C=O) groups is 1. The maximum absolute atomic E-state index is 13.3. The minimum absolute atomic E-state index is 0.285. The molecule has 0 spiro atoms. The van der Waals surface area contributed by atoms with Crippen molar-refractivity contribution in [3.8, 4) is 0 Å². The molecule has 5 unspecified atom stereocenters. The Morgan fingerprint density at radius 1 is 1.03 bits per heavy atom. The number of aryl methyl sites for hydroxylation is 1. The second-order valence-corrected chi connectivity index (χ2v) is 9.83. The van der Waals surface area contributed by atoms with Crippen molar-refractivity contribution in [3.63, 3.8) is 0 Å². The van der Waals surface area contributed by atoms with Gasteiger partial charge in [-0.1, -0.05) is 25.5 Å². The summed E-state index contributed by atoms with van der Waals surface area (Å²) >= 11 is 0. The summed E-state index contributed by atoms with van der Waals surface area (Å²) in [4.78, 5) is 18.1. The van der Waals surface area contributed by atoms with E-state index < -0.39 is 42.3 Å². The highest BCUT2D eigenvalue weighted by Gasteiger charge is 2.62. The molecule has 1 aromatic heterocycles. The van der Waals surface area contributed by atoms with E-state index in [0.717, 1.165) is 36.2 Å². The van der Waals surface area contributed by atoms with E-state index in [0.29, 0.717) is 0 Å². The Bertz CT molecular complexity index is 1030. The predicted octanol–water partition coefficient (Wildman–Crippen LogP) is 2.85. The first-order valence-corrected chi connectivity index (χ1v) is 11.8. The lowest BCUT2D eigenvalue weighted by Crippen LogP contribution is -2.59. The lowest BCUT2D eigenvalue weighted by Gasteiger charge is -2.36. The minimum atomic E-state index is -0.885. The van der Waals surface area contributed by atoms with Crippen molar-refractivity contribution in [2.24, 2.45) is 0 Å². The van der Waals surface area contributed by atoms with Gasteiger partial charge in [-0.15, -0.1) is 0 Å². The Kier molecular flexibility index (Phi) is 5.73. The quantitative estimate of drug-likeness (QED) is 0.710. The normalized spacial score (nSPS) is 32.0. The summed E-state index contributed by atoms with van der Waals surface area (Å²) in [5.74, 6) is -1.15. The standard InChI is InChI=1S/C24H33N3O6/c1-6-7-12-27-15-11-9-8-10-14(15)26-16(27)13-25-21(28)19-17-18(31-23(2,3)30-17)20-22(29-19)33-24(4,5)32-20/h8-11,17-20,22H,6-7,12-13H2,1-5H3,(H,25,28). The maximum Gasteiger partial charge on any atom is 0.252 e. The van der Waals surface area contributed by atoms with Gasteiger partial charge in [-0.2, -0.15) is 0 Å². The molecule has 5 atom stereocenters. The second-order valence-electron chi connectivity index (χ2n) is 9.83. The molecule has 180 valence electrons. The molecular formula is C24H33N3O6. The number of carbonyl (C=O) groups excluding carboxylic acids is 1. The van der Waals surface area contributed by atoms with Gasteiger partial charge in [0.25, 0.3) is 5.91 Å². The summed E-state index contributed by atoms with van der Waals surface area (Å²) in [7, 11) is 0. The van der Waals surface area contributed by atoms with Crippen LogP contribution in [0.2, 0.25) is 0 Å². The predicted molar refractivity (Wildman–Crippen MR) is 119 cm³/mol. The highest BCUT2D eigenvalue weighted by atomic mass is 16.9. The largest absolute Gasteiger partial charge is 0.347 e. The lowest BCUT2D eigenvalue weighted by molar-refractivity contribution is -0.231. The van der Waals surface area contributed by atoms with Crippen LogP contribution in [0.3, 0.4) is 0 Å². The fraction of sp³-hybridized carbons (Fsp3) is 0.667. The first-order valence-electron chi connectivity index (χ1n) is 11.8. The fourth-order valence-electron chi connectivity index (χ4n) is 4.92. The van der Waals surface area contributed by atoms with E-state index in [9.17, 15) is 4.79 Å². The lowest BCUT2D eigenvalue weighted by atomic mass is 9.98. The van der Waals surface area contributed by atoms with E-state index in [4.69, 9.17) is 28.7 Å². The van der Waals surface area contributed by atoms with Crippen molar-refractivity contribution in [1.29, 1.82) is 0 Å². The smallest absolute Gasteiger partial charge is 0.252 e. The van der Waals surface area contributed by atoms with E-state index in [1.165, 1.54) is 0 Å². The molecule has 3 aliphatic rings. The zero-order valence-electron chi connectivity index (χ0n) is 19.9. The number of imidazole rings is 1. The summed E-state index contributed by atoms with van der Waals surface area (Å²) in [5, 5.41) is 3.01. The van der Waals surface area contributed by atoms with Gasteiger partial charge in [-0.05, 0) is 46.2 Å². The number of fused-ring (bicyclic) bond motifs is 4. The van der Waals surface area contributed by atoms with Crippen LogP contribution >= 0.6 is 0 Å². The molecule has 1 aromatic carbocycles. The van der Waals surface area contributed by atoms with Crippen molar-refractivity contribution < 1.29 is 28.5 Å². The third-order valence-electron chi connectivity index (χ3n) is 6.30. The summed E-state index contributed by atoms with van der Waals surface area (Å²) in [6.07, 6.45) is -1.01. The van der Waals surface area contributed by atoms with Crippen LogP contribution in [-0.4, -0.2) is 57.7 Å². The van der Waals surface area contributed by atoms with Crippen LogP contribution in [0.5, 0.6) is 0 Å². The monoisotopic (exact) mass is 459 g/mol. The summed E-state index contributed by atoms with van der Waals surface area (Å²) in [5.41, 5.74) is 1.99. The molecule has 0 aliphatic carbocycles. The molecule has 33 heavy (non-hydrogen) atoms. The first kappa shape index (κ1) is 22.7. The number of aromatic nitrogens is 2. The first-order chi connectivity index (χ1) is 15.7. The molecule has 0 bridgehead atoms. The average Bonchev–Trinajstić information content (AvgIpc) is 3.38. The minimum Gasteiger partial charge on any atom is -0.347 e. The zero-order valence-corrected chi connectivity index (χ0v) is 19.9. The Morgan fingerprint density at radius 3 is 2.52 bits per heavy atom. The maximum atomic E-state index is 13.3. The van der Waals surface area contributed by atoms with Gasteiger partial charge in [0.15, 0.2) is 24.0 Å². The number of hydrogen-bond acceptors (Lipinski definition) is 7. The summed E-state index contributed by atoms with van der Waals surface area (Å²) in [6.45, 7) is 10.6. The van der Waals surface area contributed by atoms with Gasteiger partial charge in [0, 0.05) is 6.54 Å². The van der Waals surface area contributed by atoms with Crippen LogP contribution in [-0.2, 0) is 41.6 Å². The molecule has 3 fully saturated rings. The second kappa shape index (κ2) is 8.32. The third kappa shape index (κ3) is 4.28. The van der Waals surface area contributed by atoms with Crippen LogP contribution in [0.4, 0.5) is 0 Å². The van der Waals surface area contributed by atoms with Crippen LogP contribution in [0.15, 0.2) is 24.3 Å². The van der Waals surface area contributed by atoms with E-state index in [2.05, 4.69) is 22.9 Å². The van der Waals surface area contributed by atoms with Gasteiger partial charge in [0.1, 0.15) is 24.1 Å². The van der Waals surface area contributed by atoms with Crippen molar-refractivity contribution in [2.45, 2.75) is 103 Å². The molecule has 3 aliphatic heterocycles. The Morgan fingerprint density at radius 2 is 1.73 bits per heavy atom. The van der Waals surface area contributed by atoms with Gasteiger partial charge in [0.2, 0.25) is 0 Å². The van der Waals surface area contributed by atoms with E-state index in [-0.39, 0.29) is 12.5 Å². The Hall–Kier alpha value is -2.04. The van der Waals surface area contributed by atoms with Gasteiger partial charge in [0.05, 0.1) is 17.6 Å². The topological polar surface area (TPSA) is 93.1 Å². The average molecular weight is 460 g/mol. The third-order valence-corrected chi connectivity index (χ3v) is 6.30. The zero-order chi connectivity index (χ0) is 23.4. The number of hydrogen-bond donors (Lipinski definition) is 1. The number of amides is 1. The molecule has 2 aromatic rings. The summed E-state index contributed by atoms with van der Waals surface area (Å²) < 4.78 is 32.3. The van der Waals surface area contributed by atoms with Crippen molar-refractivity contribution >= 4 is 16.9 Å². The van der Waals surface area contributed by atoms with Crippen LogP contribution < -0.4 is 5.32 Å². The van der Waals surface area contributed by atoms with Gasteiger partial charge >= 0.3 is 0 Å². The molecule has 9 heteroatoms. The van der Waals surface area contributed by atoms with E-state index >= 15 is 0 Å². The Labute approximate surface area is 193 Å². The molecule has 0 saturated carbocycles. The van der Waals surface area contributed by atoms with Gasteiger partial charge < -0.3 is 33.6 Å². The molecule has 1 N–H and O–H groups in total. The molecule has 5 rings (SSSR count). The van der Waals surface area contributed by atoms with Crippen LogP contribution in [0.25, 0.3) is 11.0 Å². The van der Waals surface area contributed by atoms with Gasteiger partial charge in [-0.3, -0.25) is 4.79 Å². The number of unbranched alkanes of at least 4 members (excludes halogenated alkanes) is 1. The highest BCUT2D eigenvalue weighted by molar-refractivity contribution is 5.82. The molecule has 4 heterocycles. The molecule has 3 saturated heterocycles. The highest BCUT2D eigenvalue weighted by Crippen LogP contribution is 2.44. The number of nitrogens with zero attached hydrogens (tertiary/aromatic N) is 2. The number of benzene rings is 1. The van der Waals surface area contributed by atoms with E-state index in [1.807, 2.05) is 45.9 Å². The summed E-state index contributed by atoms with van der Waals surface area (Å²) in [6, 6.07) is 8.02. The van der Waals surface area contributed by atoms with Gasteiger partial charge in [-0.25, -0.2) is 4.98 Å². The number of para-hydroxylation sites is 2. The molecule has 9 nitrogen and oxygen atoms in total. The Balaban J connectivity index is 1.35.